The monoisotopic (exact) mass is 460 g/mol. The van der Waals surface area contributed by atoms with Gasteiger partial charge in [-0.3, -0.25) is 4.79 Å². The van der Waals surface area contributed by atoms with E-state index in [1.54, 1.807) is 4.90 Å². The summed E-state index contributed by atoms with van der Waals surface area (Å²) >= 11 is 6.35. The summed E-state index contributed by atoms with van der Waals surface area (Å²) in [6.45, 7) is 10.1. The highest BCUT2D eigenvalue weighted by molar-refractivity contribution is 6.33. The molecule has 0 saturated carbocycles. The molecule has 1 amide bonds. The molecule has 1 aromatic heterocycles. The summed E-state index contributed by atoms with van der Waals surface area (Å²) < 4.78 is 11.6. The molecule has 0 N–H and O–H groups in total. The van der Waals surface area contributed by atoms with Gasteiger partial charge in [-0.1, -0.05) is 31.5 Å². The highest BCUT2D eigenvalue weighted by Crippen LogP contribution is 2.30. The van der Waals surface area contributed by atoms with Crippen molar-refractivity contribution in [1.82, 2.24) is 14.9 Å². The molecule has 7 nitrogen and oxygen atoms in total. The molecule has 0 bridgehead atoms. The fourth-order valence-corrected chi connectivity index (χ4v) is 3.89. The van der Waals surface area contributed by atoms with Crippen LogP contribution in [0.1, 0.15) is 62.5 Å². The number of anilines is 1. The summed E-state index contributed by atoms with van der Waals surface area (Å²) in [7, 11) is 0. The Kier molecular flexibility index (Phi) is 8.97. The van der Waals surface area contributed by atoms with Crippen LogP contribution < -0.4 is 14.4 Å². The van der Waals surface area contributed by atoms with E-state index in [4.69, 9.17) is 21.1 Å². The Morgan fingerprint density at radius 1 is 1.12 bits per heavy atom. The third-order valence-corrected chi connectivity index (χ3v) is 5.52. The number of amides is 1. The van der Waals surface area contributed by atoms with Crippen molar-refractivity contribution in [2.75, 3.05) is 37.7 Å². The minimum Gasteiger partial charge on any atom is -0.490 e. The van der Waals surface area contributed by atoms with Gasteiger partial charge in [0, 0.05) is 26.2 Å². The molecule has 32 heavy (non-hydrogen) atoms. The van der Waals surface area contributed by atoms with E-state index in [1.807, 2.05) is 32.0 Å². The van der Waals surface area contributed by atoms with Crippen molar-refractivity contribution < 1.29 is 14.3 Å². The van der Waals surface area contributed by atoms with Gasteiger partial charge in [-0.15, -0.1) is 0 Å². The lowest BCUT2D eigenvalue weighted by atomic mass is 10.1. The molecule has 8 heteroatoms. The van der Waals surface area contributed by atoms with E-state index in [2.05, 4.69) is 21.8 Å². The molecule has 0 spiro atoms. The van der Waals surface area contributed by atoms with Crippen LogP contribution in [0.25, 0.3) is 0 Å². The van der Waals surface area contributed by atoms with E-state index in [0.29, 0.717) is 38.0 Å². The molecule has 1 saturated heterocycles. The number of carbonyl (C=O) groups is 1. The smallest absolute Gasteiger partial charge is 0.274 e. The molecule has 174 valence electrons. The zero-order valence-electron chi connectivity index (χ0n) is 19.3. The van der Waals surface area contributed by atoms with E-state index >= 15 is 0 Å². The third-order valence-electron chi connectivity index (χ3n) is 5.25. The molecule has 0 unspecified atom stereocenters. The molecule has 0 radical (unpaired) electrons. The van der Waals surface area contributed by atoms with Crippen molar-refractivity contribution >= 4 is 23.5 Å². The Labute approximate surface area is 195 Å². The first-order valence-corrected chi connectivity index (χ1v) is 11.9. The average molecular weight is 461 g/mol. The van der Waals surface area contributed by atoms with Crippen molar-refractivity contribution in [3.63, 3.8) is 0 Å². The number of halogens is 1. The lowest BCUT2D eigenvalue weighted by Crippen LogP contribution is -2.33. The maximum atomic E-state index is 13.4. The number of ether oxygens (including phenoxy) is 2. The predicted molar refractivity (Wildman–Crippen MR) is 127 cm³/mol. The minimum absolute atomic E-state index is 0.191. The maximum Gasteiger partial charge on any atom is 0.274 e. The first-order chi connectivity index (χ1) is 15.6. The number of benzene rings is 1. The summed E-state index contributed by atoms with van der Waals surface area (Å²) in [4.78, 5) is 26.2. The first kappa shape index (κ1) is 24.1. The van der Waals surface area contributed by atoms with E-state index in [1.165, 1.54) is 6.20 Å². The Morgan fingerprint density at radius 3 is 2.59 bits per heavy atom. The van der Waals surface area contributed by atoms with Crippen LogP contribution in [-0.2, 0) is 6.54 Å². The molecule has 2 heterocycles. The van der Waals surface area contributed by atoms with E-state index in [9.17, 15) is 4.79 Å². The van der Waals surface area contributed by atoms with Crippen molar-refractivity contribution in [2.45, 2.75) is 53.0 Å². The average Bonchev–Trinajstić information content (AvgIpc) is 3.33. The second-order valence-corrected chi connectivity index (χ2v) is 8.26. The SMILES string of the molecule is CCCOc1ccc(CN(CCC)C(=O)c2nc(N3CCCC3)ncc2Cl)cc1OCC. The van der Waals surface area contributed by atoms with Gasteiger partial charge in [0.2, 0.25) is 5.95 Å². The van der Waals surface area contributed by atoms with Crippen LogP contribution >= 0.6 is 11.6 Å². The highest BCUT2D eigenvalue weighted by Gasteiger charge is 2.24. The fourth-order valence-electron chi connectivity index (χ4n) is 3.72. The lowest BCUT2D eigenvalue weighted by Gasteiger charge is -2.24. The molecule has 0 atom stereocenters. The van der Waals surface area contributed by atoms with Gasteiger partial charge in [0.15, 0.2) is 17.2 Å². The van der Waals surface area contributed by atoms with Gasteiger partial charge in [-0.05, 0) is 50.3 Å². The standard InChI is InChI=1S/C24H33ClN4O3/c1-4-11-29(17-18-9-10-20(32-14-5-2)21(15-18)31-6-3)23(30)22-19(25)16-26-24(27-22)28-12-7-8-13-28/h9-10,15-16H,4-8,11-14,17H2,1-3H3. The zero-order valence-corrected chi connectivity index (χ0v) is 20.0. The molecule has 1 aliphatic heterocycles. The van der Waals surface area contributed by atoms with E-state index in [0.717, 1.165) is 50.1 Å². The number of hydrogen-bond donors (Lipinski definition) is 0. The first-order valence-electron chi connectivity index (χ1n) is 11.5. The van der Waals surface area contributed by atoms with Gasteiger partial charge in [-0.2, -0.15) is 0 Å². The van der Waals surface area contributed by atoms with Crippen LogP contribution in [0.5, 0.6) is 11.5 Å². The lowest BCUT2D eigenvalue weighted by molar-refractivity contribution is 0.0737. The minimum atomic E-state index is -0.191. The van der Waals surface area contributed by atoms with Crippen molar-refractivity contribution in [1.29, 1.82) is 0 Å². The Hall–Kier alpha value is -2.54. The van der Waals surface area contributed by atoms with Crippen LogP contribution in [-0.4, -0.2) is 53.6 Å². The quantitative estimate of drug-likeness (QED) is 0.471. The van der Waals surface area contributed by atoms with E-state index in [-0.39, 0.29) is 16.6 Å². The molecule has 1 aliphatic rings. The second kappa shape index (κ2) is 11.9. The van der Waals surface area contributed by atoms with Gasteiger partial charge >= 0.3 is 0 Å². The zero-order chi connectivity index (χ0) is 22.9. The van der Waals surface area contributed by atoms with Crippen LogP contribution in [0.2, 0.25) is 5.02 Å². The normalized spacial score (nSPS) is 13.3. The number of hydrogen-bond acceptors (Lipinski definition) is 6. The van der Waals surface area contributed by atoms with Gasteiger partial charge in [0.1, 0.15) is 0 Å². The van der Waals surface area contributed by atoms with Gasteiger partial charge in [0.05, 0.1) is 24.4 Å². The van der Waals surface area contributed by atoms with E-state index < -0.39 is 0 Å². The largest absolute Gasteiger partial charge is 0.490 e. The van der Waals surface area contributed by atoms with Crippen molar-refractivity contribution in [2.24, 2.45) is 0 Å². The molecule has 1 aromatic carbocycles. The van der Waals surface area contributed by atoms with Gasteiger partial charge < -0.3 is 19.3 Å². The molecule has 0 aliphatic carbocycles. The van der Waals surface area contributed by atoms with Crippen molar-refractivity contribution in [3.05, 3.63) is 40.7 Å². The highest BCUT2D eigenvalue weighted by atomic mass is 35.5. The summed E-state index contributed by atoms with van der Waals surface area (Å²) in [6, 6.07) is 5.83. The topological polar surface area (TPSA) is 67.8 Å². The number of aromatic nitrogens is 2. The Balaban J connectivity index is 1.83. The Bertz CT molecular complexity index is 903. The van der Waals surface area contributed by atoms with Crippen LogP contribution in [0, 0.1) is 0 Å². The number of carbonyl (C=O) groups excluding carboxylic acids is 1. The number of nitrogens with zero attached hydrogens (tertiary/aromatic N) is 4. The van der Waals surface area contributed by atoms with Gasteiger partial charge in [0.25, 0.3) is 5.91 Å². The molecule has 1 fully saturated rings. The second-order valence-electron chi connectivity index (χ2n) is 7.85. The van der Waals surface area contributed by atoms with Gasteiger partial charge in [-0.25, -0.2) is 9.97 Å². The van der Waals surface area contributed by atoms with Crippen LogP contribution in [0.4, 0.5) is 5.95 Å². The Morgan fingerprint density at radius 2 is 1.91 bits per heavy atom. The van der Waals surface area contributed by atoms with Crippen molar-refractivity contribution in [3.8, 4) is 11.5 Å². The fraction of sp³-hybridized carbons (Fsp3) is 0.542. The summed E-state index contributed by atoms with van der Waals surface area (Å²) in [6.07, 6.45) is 5.50. The number of rotatable bonds is 11. The van der Waals surface area contributed by atoms with Crippen LogP contribution in [0.3, 0.4) is 0 Å². The summed E-state index contributed by atoms with van der Waals surface area (Å²) in [5.74, 6) is 1.80. The summed E-state index contributed by atoms with van der Waals surface area (Å²) in [5, 5.41) is 0.275. The molecular formula is C24H33ClN4O3. The molecule has 3 rings (SSSR count). The molecule has 2 aromatic rings. The third kappa shape index (κ3) is 6.03. The molecular weight excluding hydrogens is 428 g/mol. The van der Waals surface area contributed by atoms with Crippen LogP contribution in [0.15, 0.2) is 24.4 Å². The summed E-state index contributed by atoms with van der Waals surface area (Å²) in [5.41, 5.74) is 1.22. The maximum absolute atomic E-state index is 13.4. The predicted octanol–water partition coefficient (Wildman–Crippen LogP) is 4.97.